The number of nitrogens with one attached hydrogen (secondary N) is 2. The fourth-order valence-corrected chi connectivity index (χ4v) is 5.57. The number of carbonyl (C=O) groups is 2. The lowest BCUT2D eigenvalue weighted by atomic mass is 10.1. The van der Waals surface area contributed by atoms with Crippen LogP contribution in [-0.4, -0.2) is 47.6 Å². The normalized spacial score (nSPS) is 12.3. The molecule has 10 nitrogen and oxygen atoms in total. The lowest BCUT2D eigenvalue weighted by Crippen LogP contribution is -2.29. The topological polar surface area (TPSA) is 123 Å². The summed E-state index contributed by atoms with van der Waals surface area (Å²) in [4.78, 5) is 27.5. The van der Waals surface area contributed by atoms with Gasteiger partial charge in [-0.1, -0.05) is 12.1 Å². The molecule has 0 radical (unpaired) electrons. The van der Waals surface area contributed by atoms with Gasteiger partial charge in [0.2, 0.25) is 0 Å². The van der Waals surface area contributed by atoms with Crippen LogP contribution in [0, 0.1) is 0 Å². The van der Waals surface area contributed by atoms with E-state index in [4.69, 9.17) is 14.2 Å². The number of rotatable bonds is 10. The third-order valence-corrected chi connectivity index (χ3v) is 8.07. The minimum absolute atomic E-state index is 0.0361. The SMILES string of the molecule is COc1ccc(C(=O)N2CCc3ccc(NC(=O)COc4ccc(S(=O)(=O)Nc5cccc(OC)c5)cc4)cc32)cc1. The average molecular weight is 588 g/mol. The van der Waals surface area contributed by atoms with Gasteiger partial charge in [0.15, 0.2) is 6.61 Å². The molecule has 5 rings (SSSR count). The number of nitrogens with zero attached hydrogens (tertiary/aromatic N) is 1. The molecule has 1 heterocycles. The molecule has 0 spiro atoms. The molecule has 216 valence electrons. The first-order chi connectivity index (χ1) is 20.3. The highest BCUT2D eigenvalue weighted by Crippen LogP contribution is 2.32. The number of hydrogen-bond acceptors (Lipinski definition) is 7. The Morgan fingerprint density at radius 2 is 1.52 bits per heavy atom. The van der Waals surface area contributed by atoms with Crippen molar-refractivity contribution in [2.75, 3.05) is 42.3 Å². The number of hydrogen-bond donors (Lipinski definition) is 2. The highest BCUT2D eigenvalue weighted by molar-refractivity contribution is 7.92. The third kappa shape index (κ3) is 6.47. The predicted octanol–water partition coefficient (Wildman–Crippen LogP) is 4.73. The largest absolute Gasteiger partial charge is 0.497 e. The second kappa shape index (κ2) is 12.2. The smallest absolute Gasteiger partial charge is 0.262 e. The van der Waals surface area contributed by atoms with E-state index in [0.717, 1.165) is 17.7 Å². The Kier molecular flexibility index (Phi) is 8.30. The van der Waals surface area contributed by atoms with Crippen molar-refractivity contribution >= 4 is 38.9 Å². The zero-order valence-corrected chi connectivity index (χ0v) is 23.8. The van der Waals surface area contributed by atoms with Crippen LogP contribution in [0.1, 0.15) is 15.9 Å². The molecule has 0 bridgehead atoms. The Bertz CT molecular complexity index is 1710. The second-order valence-corrected chi connectivity index (χ2v) is 11.1. The molecule has 2 amide bonds. The Labute approximate surface area is 243 Å². The van der Waals surface area contributed by atoms with E-state index in [9.17, 15) is 18.0 Å². The van der Waals surface area contributed by atoms with E-state index >= 15 is 0 Å². The van der Waals surface area contributed by atoms with Crippen molar-refractivity contribution in [1.29, 1.82) is 0 Å². The molecule has 0 unspecified atom stereocenters. The maximum Gasteiger partial charge on any atom is 0.262 e. The summed E-state index contributed by atoms with van der Waals surface area (Å²) < 4.78 is 43.9. The van der Waals surface area contributed by atoms with Gasteiger partial charge in [-0.05, 0) is 84.8 Å². The van der Waals surface area contributed by atoms with E-state index < -0.39 is 15.9 Å². The van der Waals surface area contributed by atoms with Crippen molar-refractivity contribution < 1.29 is 32.2 Å². The van der Waals surface area contributed by atoms with Crippen LogP contribution in [0.3, 0.4) is 0 Å². The number of amides is 2. The van der Waals surface area contributed by atoms with Gasteiger partial charge in [-0.2, -0.15) is 0 Å². The van der Waals surface area contributed by atoms with Crippen LogP contribution in [-0.2, 0) is 21.2 Å². The number of ether oxygens (including phenoxy) is 3. The van der Waals surface area contributed by atoms with E-state index in [1.54, 1.807) is 72.7 Å². The van der Waals surface area contributed by atoms with Gasteiger partial charge in [0.1, 0.15) is 17.2 Å². The van der Waals surface area contributed by atoms with Crippen molar-refractivity contribution in [3.63, 3.8) is 0 Å². The van der Waals surface area contributed by atoms with Crippen LogP contribution in [0.25, 0.3) is 0 Å². The van der Waals surface area contributed by atoms with E-state index in [1.807, 2.05) is 6.07 Å². The number of carbonyl (C=O) groups excluding carboxylic acids is 2. The molecule has 0 aromatic heterocycles. The molecule has 4 aromatic rings. The van der Waals surface area contributed by atoms with Crippen LogP contribution in [0.15, 0.2) is 95.9 Å². The number of methoxy groups -OCH3 is 2. The first kappa shape index (κ1) is 28.5. The molecule has 4 aromatic carbocycles. The molecule has 1 aliphatic rings. The Morgan fingerprint density at radius 1 is 0.810 bits per heavy atom. The molecule has 1 aliphatic heterocycles. The first-order valence-corrected chi connectivity index (χ1v) is 14.5. The van der Waals surface area contributed by atoms with Crippen LogP contribution in [0.2, 0.25) is 0 Å². The van der Waals surface area contributed by atoms with Crippen LogP contribution in [0.4, 0.5) is 17.1 Å². The van der Waals surface area contributed by atoms with E-state index in [-0.39, 0.29) is 17.4 Å². The lowest BCUT2D eigenvalue weighted by molar-refractivity contribution is -0.118. The summed E-state index contributed by atoms with van der Waals surface area (Å²) >= 11 is 0. The lowest BCUT2D eigenvalue weighted by Gasteiger charge is -2.18. The van der Waals surface area contributed by atoms with Crippen molar-refractivity contribution in [2.45, 2.75) is 11.3 Å². The number of benzene rings is 4. The maximum absolute atomic E-state index is 13.1. The summed E-state index contributed by atoms with van der Waals surface area (Å²) in [6.45, 7) is 0.251. The highest BCUT2D eigenvalue weighted by atomic mass is 32.2. The van der Waals surface area contributed by atoms with Gasteiger partial charge in [-0.15, -0.1) is 0 Å². The standard InChI is InChI=1S/C31H29N3O7S/c1-39-25-10-7-22(8-11-25)31(36)34-17-16-21-6-9-23(19-29(21)34)32-30(35)20-41-26-12-14-28(15-13-26)42(37,38)33-24-4-3-5-27(18-24)40-2/h3-15,18-19,33H,16-17,20H2,1-2H3,(H,32,35). The molecular formula is C31H29N3O7S. The van der Waals surface area contributed by atoms with E-state index in [2.05, 4.69) is 10.0 Å². The fraction of sp³-hybridized carbons (Fsp3) is 0.161. The van der Waals surface area contributed by atoms with Crippen molar-refractivity contribution in [3.05, 3.63) is 102 Å². The first-order valence-electron chi connectivity index (χ1n) is 13.0. The van der Waals surface area contributed by atoms with E-state index in [0.29, 0.717) is 40.7 Å². The monoisotopic (exact) mass is 587 g/mol. The highest BCUT2D eigenvalue weighted by Gasteiger charge is 2.26. The van der Waals surface area contributed by atoms with Gasteiger partial charge in [-0.3, -0.25) is 14.3 Å². The summed E-state index contributed by atoms with van der Waals surface area (Å²) in [5, 5.41) is 2.79. The molecular weight excluding hydrogens is 558 g/mol. The van der Waals surface area contributed by atoms with Gasteiger partial charge in [0.25, 0.3) is 21.8 Å². The molecule has 0 fully saturated rings. The quantitative estimate of drug-likeness (QED) is 0.275. The summed E-state index contributed by atoms with van der Waals surface area (Å²) in [7, 11) is -0.768. The molecule has 2 N–H and O–H groups in total. The Morgan fingerprint density at radius 3 is 2.24 bits per heavy atom. The van der Waals surface area contributed by atoms with Crippen molar-refractivity contribution in [1.82, 2.24) is 0 Å². The third-order valence-electron chi connectivity index (χ3n) is 6.67. The summed E-state index contributed by atoms with van der Waals surface area (Å²) in [6.07, 6.45) is 0.718. The van der Waals surface area contributed by atoms with Crippen LogP contribution < -0.4 is 29.1 Å². The molecule has 11 heteroatoms. The minimum atomic E-state index is -3.84. The Balaban J connectivity index is 1.18. The van der Waals surface area contributed by atoms with Gasteiger partial charge in [0, 0.05) is 29.5 Å². The number of fused-ring (bicyclic) bond motifs is 1. The molecule has 0 saturated heterocycles. The van der Waals surface area contributed by atoms with Gasteiger partial charge in [-0.25, -0.2) is 8.42 Å². The van der Waals surface area contributed by atoms with Gasteiger partial charge in [0.05, 0.1) is 24.8 Å². The molecule has 42 heavy (non-hydrogen) atoms. The fourth-order valence-electron chi connectivity index (χ4n) is 4.52. The van der Waals surface area contributed by atoms with Crippen molar-refractivity contribution in [3.8, 4) is 17.2 Å². The second-order valence-electron chi connectivity index (χ2n) is 9.42. The number of anilines is 3. The summed E-state index contributed by atoms with van der Waals surface area (Å²) in [5.41, 5.74) is 3.20. The van der Waals surface area contributed by atoms with Gasteiger partial charge >= 0.3 is 0 Å². The molecule has 0 saturated carbocycles. The molecule has 0 atom stereocenters. The summed E-state index contributed by atoms with van der Waals surface area (Å²) in [6, 6.07) is 24.7. The zero-order valence-electron chi connectivity index (χ0n) is 23.0. The number of sulfonamides is 1. The van der Waals surface area contributed by atoms with E-state index in [1.165, 1.54) is 31.4 Å². The molecule has 0 aliphatic carbocycles. The minimum Gasteiger partial charge on any atom is -0.497 e. The van der Waals surface area contributed by atoms with Crippen LogP contribution >= 0.6 is 0 Å². The van der Waals surface area contributed by atoms with Crippen LogP contribution in [0.5, 0.6) is 17.2 Å². The average Bonchev–Trinajstić information content (AvgIpc) is 3.43. The zero-order chi connectivity index (χ0) is 29.7. The van der Waals surface area contributed by atoms with Crippen molar-refractivity contribution in [2.24, 2.45) is 0 Å². The Hall–Kier alpha value is -5.03. The summed E-state index contributed by atoms with van der Waals surface area (Å²) in [5.74, 6) is 0.986. The predicted molar refractivity (Wildman–Crippen MR) is 159 cm³/mol. The maximum atomic E-state index is 13.1. The van der Waals surface area contributed by atoms with Gasteiger partial charge < -0.3 is 24.4 Å².